The van der Waals surface area contributed by atoms with Crippen LogP contribution in [-0.2, 0) is 14.3 Å². The van der Waals surface area contributed by atoms with Crippen LogP contribution in [0.2, 0.25) is 0 Å². The number of ether oxygens (including phenoxy) is 2. The molecule has 3 rings (SSSR count). The average molecular weight is 333 g/mol. The van der Waals surface area contributed by atoms with Gasteiger partial charge in [0.25, 0.3) is 0 Å². The molecule has 2 fully saturated rings. The van der Waals surface area contributed by atoms with Gasteiger partial charge in [-0.05, 0) is 31.2 Å². The van der Waals surface area contributed by atoms with Crippen LogP contribution >= 0.6 is 0 Å². The average Bonchev–Trinajstić information content (AvgIpc) is 3.17. The Bertz CT molecular complexity index is 608. The van der Waals surface area contributed by atoms with E-state index in [1.54, 1.807) is 12.1 Å². The minimum Gasteiger partial charge on any atom is -0.465 e. The molecule has 130 valence electrons. The standard InChI is InChI=1S/C17H23N3O4/c1-23-17(22)14-10-13(20-6-8-24-9-7-20)2-3-15(14)19-16(21)12-4-5-18-11-12/h2-3,10,12,18H,4-9,11H2,1H3,(H,19,21). The van der Waals surface area contributed by atoms with Crippen LogP contribution in [-0.4, -0.2) is 58.4 Å². The predicted octanol–water partition coefficient (Wildman–Crippen LogP) is 0.858. The van der Waals surface area contributed by atoms with Crippen LogP contribution in [0, 0.1) is 5.92 Å². The monoisotopic (exact) mass is 333 g/mol. The maximum absolute atomic E-state index is 12.3. The Kier molecular flexibility index (Phi) is 5.32. The zero-order valence-electron chi connectivity index (χ0n) is 13.8. The first-order valence-electron chi connectivity index (χ1n) is 8.25. The molecule has 1 atom stereocenters. The van der Waals surface area contributed by atoms with Gasteiger partial charge in [-0.1, -0.05) is 0 Å². The normalized spacial score (nSPS) is 20.7. The van der Waals surface area contributed by atoms with Crippen molar-refractivity contribution in [2.24, 2.45) is 5.92 Å². The van der Waals surface area contributed by atoms with Crippen LogP contribution in [0.15, 0.2) is 18.2 Å². The fourth-order valence-electron chi connectivity index (χ4n) is 3.05. The second-order valence-electron chi connectivity index (χ2n) is 6.00. The summed E-state index contributed by atoms with van der Waals surface area (Å²) in [5.74, 6) is -0.580. The molecule has 2 saturated heterocycles. The number of morpholine rings is 1. The molecule has 0 radical (unpaired) electrons. The smallest absolute Gasteiger partial charge is 0.340 e. The Morgan fingerprint density at radius 1 is 1.33 bits per heavy atom. The highest BCUT2D eigenvalue weighted by molar-refractivity contribution is 6.02. The second kappa shape index (κ2) is 7.63. The molecule has 0 aromatic heterocycles. The topological polar surface area (TPSA) is 79.9 Å². The molecule has 0 aliphatic carbocycles. The summed E-state index contributed by atoms with van der Waals surface area (Å²) in [6, 6.07) is 5.47. The molecule has 1 amide bonds. The molecule has 1 aromatic carbocycles. The lowest BCUT2D eigenvalue weighted by Crippen LogP contribution is -2.36. The number of amides is 1. The van der Waals surface area contributed by atoms with Crippen LogP contribution < -0.4 is 15.5 Å². The summed E-state index contributed by atoms with van der Waals surface area (Å²) in [4.78, 5) is 26.6. The van der Waals surface area contributed by atoms with Gasteiger partial charge < -0.3 is 25.0 Å². The fourth-order valence-corrected chi connectivity index (χ4v) is 3.05. The maximum atomic E-state index is 12.3. The summed E-state index contributed by atoms with van der Waals surface area (Å²) >= 11 is 0. The summed E-state index contributed by atoms with van der Waals surface area (Å²) in [6.45, 7) is 4.41. The van der Waals surface area contributed by atoms with Crippen molar-refractivity contribution in [1.29, 1.82) is 0 Å². The lowest BCUT2D eigenvalue weighted by Gasteiger charge is -2.29. The van der Waals surface area contributed by atoms with E-state index in [4.69, 9.17) is 9.47 Å². The Morgan fingerprint density at radius 3 is 2.79 bits per heavy atom. The van der Waals surface area contributed by atoms with Crippen molar-refractivity contribution in [2.75, 3.05) is 56.7 Å². The van der Waals surface area contributed by atoms with Crippen molar-refractivity contribution in [1.82, 2.24) is 5.32 Å². The van der Waals surface area contributed by atoms with Crippen LogP contribution in [0.4, 0.5) is 11.4 Å². The van der Waals surface area contributed by atoms with Gasteiger partial charge in [0.2, 0.25) is 5.91 Å². The Hall–Kier alpha value is -2.12. The Labute approximate surface area is 141 Å². The highest BCUT2D eigenvalue weighted by Crippen LogP contribution is 2.26. The molecule has 2 heterocycles. The number of methoxy groups -OCH3 is 1. The quantitative estimate of drug-likeness (QED) is 0.796. The minimum atomic E-state index is -0.454. The van der Waals surface area contributed by atoms with E-state index >= 15 is 0 Å². The lowest BCUT2D eigenvalue weighted by atomic mass is 10.1. The van der Waals surface area contributed by atoms with E-state index in [2.05, 4.69) is 15.5 Å². The number of benzene rings is 1. The largest absolute Gasteiger partial charge is 0.465 e. The first kappa shape index (κ1) is 16.7. The summed E-state index contributed by atoms with van der Waals surface area (Å²) in [5.41, 5.74) is 1.80. The van der Waals surface area contributed by atoms with Crippen molar-refractivity contribution in [3.63, 3.8) is 0 Å². The molecule has 1 unspecified atom stereocenters. The highest BCUT2D eigenvalue weighted by atomic mass is 16.5. The number of hydrogen-bond acceptors (Lipinski definition) is 6. The summed E-state index contributed by atoms with van der Waals surface area (Å²) in [7, 11) is 1.34. The van der Waals surface area contributed by atoms with Crippen LogP contribution in [0.1, 0.15) is 16.8 Å². The number of carbonyl (C=O) groups excluding carboxylic acids is 2. The third-order valence-electron chi connectivity index (χ3n) is 4.47. The third-order valence-corrected chi connectivity index (χ3v) is 4.47. The summed E-state index contributed by atoms with van der Waals surface area (Å²) < 4.78 is 10.2. The summed E-state index contributed by atoms with van der Waals surface area (Å²) in [6.07, 6.45) is 0.811. The zero-order chi connectivity index (χ0) is 16.9. The van der Waals surface area contributed by atoms with E-state index in [0.717, 1.165) is 31.7 Å². The minimum absolute atomic E-state index is 0.0607. The molecule has 2 aliphatic rings. The number of nitrogens with one attached hydrogen (secondary N) is 2. The van der Waals surface area contributed by atoms with Gasteiger partial charge in [0.15, 0.2) is 0 Å². The highest BCUT2D eigenvalue weighted by Gasteiger charge is 2.24. The van der Waals surface area contributed by atoms with Gasteiger partial charge in [-0.15, -0.1) is 0 Å². The van der Waals surface area contributed by atoms with Crippen LogP contribution in [0.5, 0.6) is 0 Å². The third kappa shape index (κ3) is 3.68. The van der Waals surface area contributed by atoms with E-state index < -0.39 is 5.97 Å². The molecule has 0 bridgehead atoms. The summed E-state index contributed by atoms with van der Waals surface area (Å²) in [5, 5.41) is 6.04. The van der Waals surface area contributed by atoms with E-state index in [1.165, 1.54) is 7.11 Å². The number of esters is 1. The predicted molar refractivity (Wildman–Crippen MR) is 90.4 cm³/mol. The molecule has 0 saturated carbocycles. The van der Waals surface area contributed by atoms with Gasteiger partial charge >= 0.3 is 5.97 Å². The van der Waals surface area contributed by atoms with Gasteiger partial charge in [0.1, 0.15) is 0 Å². The van der Waals surface area contributed by atoms with E-state index in [9.17, 15) is 9.59 Å². The molecule has 2 N–H and O–H groups in total. The Balaban J connectivity index is 1.81. The molecular weight excluding hydrogens is 310 g/mol. The van der Waals surface area contributed by atoms with Gasteiger partial charge in [0, 0.05) is 25.3 Å². The second-order valence-corrected chi connectivity index (χ2v) is 6.00. The van der Waals surface area contributed by atoms with Crippen molar-refractivity contribution in [3.8, 4) is 0 Å². The van der Waals surface area contributed by atoms with Gasteiger partial charge in [-0.3, -0.25) is 4.79 Å². The molecule has 24 heavy (non-hydrogen) atoms. The molecular formula is C17H23N3O4. The maximum Gasteiger partial charge on any atom is 0.340 e. The van der Waals surface area contributed by atoms with Gasteiger partial charge in [0.05, 0.1) is 37.5 Å². The number of rotatable bonds is 4. The molecule has 0 spiro atoms. The van der Waals surface area contributed by atoms with Crippen molar-refractivity contribution in [3.05, 3.63) is 23.8 Å². The van der Waals surface area contributed by atoms with E-state index in [1.807, 2.05) is 6.07 Å². The molecule has 7 nitrogen and oxygen atoms in total. The van der Waals surface area contributed by atoms with E-state index in [-0.39, 0.29) is 11.8 Å². The molecule has 1 aromatic rings. The van der Waals surface area contributed by atoms with Crippen molar-refractivity contribution < 1.29 is 19.1 Å². The first-order chi connectivity index (χ1) is 11.7. The van der Waals surface area contributed by atoms with Crippen molar-refractivity contribution in [2.45, 2.75) is 6.42 Å². The van der Waals surface area contributed by atoms with Crippen LogP contribution in [0.25, 0.3) is 0 Å². The number of anilines is 2. The lowest BCUT2D eigenvalue weighted by molar-refractivity contribution is -0.119. The number of carbonyl (C=O) groups is 2. The van der Waals surface area contributed by atoms with Crippen molar-refractivity contribution >= 4 is 23.3 Å². The fraction of sp³-hybridized carbons (Fsp3) is 0.529. The first-order valence-corrected chi connectivity index (χ1v) is 8.25. The van der Waals surface area contributed by atoms with Crippen LogP contribution in [0.3, 0.4) is 0 Å². The van der Waals surface area contributed by atoms with Gasteiger partial charge in [-0.2, -0.15) is 0 Å². The number of nitrogens with zero attached hydrogens (tertiary/aromatic N) is 1. The van der Waals surface area contributed by atoms with Gasteiger partial charge in [-0.25, -0.2) is 4.79 Å². The number of hydrogen-bond donors (Lipinski definition) is 2. The Morgan fingerprint density at radius 2 is 2.12 bits per heavy atom. The zero-order valence-corrected chi connectivity index (χ0v) is 13.8. The molecule has 2 aliphatic heterocycles. The van der Waals surface area contributed by atoms with E-state index in [0.29, 0.717) is 31.0 Å². The molecule has 7 heteroatoms. The SMILES string of the molecule is COC(=O)c1cc(N2CCOCC2)ccc1NC(=O)C1CCNC1.